The molecule has 5 rings (SSSR count). The van der Waals surface area contributed by atoms with Crippen molar-refractivity contribution in [2.24, 2.45) is 0 Å². The number of aromatic nitrogens is 2. The van der Waals surface area contributed by atoms with Crippen molar-refractivity contribution in [2.75, 3.05) is 11.5 Å². The molecule has 0 saturated carbocycles. The van der Waals surface area contributed by atoms with Gasteiger partial charge in [-0.05, 0) is 41.3 Å². The van der Waals surface area contributed by atoms with Gasteiger partial charge in [-0.3, -0.25) is 4.79 Å². The summed E-state index contributed by atoms with van der Waals surface area (Å²) in [6.45, 7) is 4.15. The van der Waals surface area contributed by atoms with Crippen molar-refractivity contribution in [2.45, 2.75) is 29.8 Å². The van der Waals surface area contributed by atoms with Gasteiger partial charge in [0.2, 0.25) is 0 Å². The van der Waals surface area contributed by atoms with E-state index in [4.69, 9.17) is 0 Å². The van der Waals surface area contributed by atoms with Gasteiger partial charge in [0, 0.05) is 35.0 Å². The number of rotatable bonds is 8. The Balaban J connectivity index is 1.95. The van der Waals surface area contributed by atoms with Gasteiger partial charge in [0.1, 0.15) is 18.4 Å². The molecular weight excluding hydrogens is 496 g/mol. The Morgan fingerprint density at radius 3 is 1.68 bits per heavy atom. The van der Waals surface area contributed by atoms with Crippen LogP contribution in [0.5, 0.6) is 0 Å². The Bertz CT molecular complexity index is 1600. The van der Waals surface area contributed by atoms with Crippen molar-refractivity contribution in [3.63, 3.8) is 0 Å². The quantitative estimate of drug-likeness (QED) is 0.160. The van der Waals surface area contributed by atoms with E-state index in [1.54, 1.807) is 35.7 Å². The summed E-state index contributed by atoms with van der Waals surface area (Å²) < 4.78 is 4.17. The minimum Gasteiger partial charge on any atom is -0.310 e. The molecule has 37 heavy (non-hydrogen) atoms. The zero-order valence-electron chi connectivity index (χ0n) is 20.5. The van der Waals surface area contributed by atoms with Crippen molar-refractivity contribution in [3.05, 3.63) is 106 Å². The van der Waals surface area contributed by atoms with E-state index in [0.29, 0.717) is 16.7 Å². The Hall–Kier alpha value is -3.91. The molecule has 0 aliphatic heterocycles. The average molecular weight is 521 g/mol. The van der Waals surface area contributed by atoms with Crippen molar-refractivity contribution >= 4 is 40.8 Å². The van der Waals surface area contributed by atoms with Crippen LogP contribution >= 0.6 is 23.5 Å². The van der Waals surface area contributed by atoms with Gasteiger partial charge >= 0.3 is 0 Å². The fourth-order valence-electron chi connectivity index (χ4n) is 5.01. The SMILES string of the molecule is CCSc1c(C#N)c(C(c2ccc(C=O)cc2)c2c(C#N)c(SCC)n3ccccc23)c2ccccn12. The number of pyridine rings is 2. The number of carbonyl (C=O) groups excluding carboxylic acids is 1. The zero-order valence-corrected chi connectivity index (χ0v) is 22.1. The third-order valence-corrected chi connectivity index (χ3v) is 8.37. The normalized spacial score (nSPS) is 11.2. The summed E-state index contributed by atoms with van der Waals surface area (Å²) in [6.07, 6.45) is 4.81. The van der Waals surface area contributed by atoms with E-state index in [0.717, 1.165) is 55.6 Å². The summed E-state index contributed by atoms with van der Waals surface area (Å²) in [4.78, 5) is 11.4. The molecule has 0 aliphatic carbocycles. The van der Waals surface area contributed by atoms with Gasteiger partial charge in [-0.2, -0.15) is 10.5 Å². The van der Waals surface area contributed by atoms with Crippen LogP contribution in [0.4, 0.5) is 0 Å². The molecule has 5 nitrogen and oxygen atoms in total. The molecule has 182 valence electrons. The van der Waals surface area contributed by atoms with Crippen LogP contribution in [0.2, 0.25) is 0 Å². The first-order valence-electron chi connectivity index (χ1n) is 12.0. The largest absolute Gasteiger partial charge is 0.310 e. The highest BCUT2D eigenvalue weighted by molar-refractivity contribution is 7.99. The fraction of sp³-hybridized carbons (Fsp3) is 0.167. The maximum Gasteiger partial charge on any atom is 0.150 e. The lowest BCUT2D eigenvalue weighted by atomic mass is 9.82. The van der Waals surface area contributed by atoms with Crippen molar-refractivity contribution in [3.8, 4) is 12.1 Å². The molecule has 0 saturated heterocycles. The van der Waals surface area contributed by atoms with E-state index in [9.17, 15) is 15.3 Å². The molecule has 7 heteroatoms. The smallest absolute Gasteiger partial charge is 0.150 e. The lowest BCUT2D eigenvalue weighted by molar-refractivity contribution is 0.112. The Morgan fingerprint density at radius 2 is 1.27 bits per heavy atom. The first-order chi connectivity index (χ1) is 18.2. The second kappa shape index (κ2) is 10.6. The highest BCUT2D eigenvalue weighted by Crippen LogP contribution is 2.46. The van der Waals surface area contributed by atoms with E-state index in [2.05, 4.69) is 34.8 Å². The van der Waals surface area contributed by atoms with Gasteiger partial charge in [-0.1, -0.05) is 50.2 Å². The number of aldehydes is 1. The first kappa shape index (κ1) is 24.8. The first-order valence-corrected chi connectivity index (χ1v) is 14.0. The summed E-state index contributed by atoms with van der Waals surface area (Å²) in [6, 6.07) is 24.5. The molecule has 0 aliphatic rings. The molecule has 4 aromatic heterocycles. The maximum atomic E-state index is 11.4. The van der Waals surface area contributed by atoms with E-state index in [1.807, 2.05) is 60.9 Å². The van der Waals surface area contributed by atoms with Gasteiger partial charge in [-0.25, -0.2) is 0 Å². The van der Waals surface area contributed by atoms with E-state index in [1.165, 1.54) is 0 Å². The van der Waals surface area contributed by atoms with Gasteiger partial charge in [0.05, 0.1) is 32.2 Å². The minimum atomic E-state index is -0.391. The Labute approximate surface area is 224 Å². The van der Waals surface area contributed by atoms with Crippen molar-refractivity contribution in [1.82, 2.24) is 8.80 Å². The third kappa shape index (κ3) is 4.11. The van der Waals surface area contributed by atoms with Crippen molar-refractivity contribution in [1.29, 1.82) is 10.5 Å². The molecule has 0 bridgehead atoms. The molecule has 0 fully saturated rings. The summed E-state index contributed by atoms with van der Waals surface area (Å²) in [5, 5.41) is 22.8. The predicted octanol–water partition coefficient (Wildman–Crippen LogP) is 7.15. The van der Waals surface area contributed by atoms with E-state index in [-0.39, 0.29) is 0 Å². The topological polar surface area (TPSA) is 73.5 Å². The predicted molar refractivity (Wildman–Crippen MR) is 150 cm³/mol. The van der Waals surface area contributed by atoms with Crippen LogP contribution in [0.1, 0.15) is 57.9 Å². The van der Waals surface area contributed by atoms with Crippen LogP contribution in [-0.4, -0.2) is 26.6 Å². The summed E-state index contributed by atoms with van der Waals surface area (Å²) in [7, 11) is 0. The standard InChI is InChI=1S/C30H24N4OS2/c1-3-36-29-22(17-31)27(24-9-5-7-15-33(24)29)26(21-13-11-20(19-35)12-14-21)28-23(18-32)30(37-4-2)34-16-8-6-10-25(28)34/h5-16,19,26H,3-4H2,1-2H3. The number of carbonyl (C=O) groups is 1. The molecule has 1 aromatic carbocycles. The average Bonchev–Trinajstić information content (AvgIpc) is 3.42. The molecule has 0 N–H and O–H groups in total. The van der Waals surface area contributed by atoms with Gasteiger partial charge in [0.15, 0.2) is 0 Å². The number of hydrogen-bond acceptors (Lipinski definition) is 5. The van der Waals surface area contributed by atoms with E-state index < -0.39 is 5.92 Å². The van der Waals surface area contributed by atoms with E-state index >= 15 is 0 Å². The van der Waals surface area contributed by atoms with Gasteiger partial charge < -0.3 is 8.80 Å². The van der Waals surface area contributed by atoms with Crippen molar-refractivity contribution < 1.29 is 4.79 Å². The highest BCUT2D eigenvalue weighted by atomic mass is 32.2. The van der Waals surface area contributed by atoms with Crippen LogP contribution < -0.4 is 0 Å². The maximum absolute atomic E-state index is 11.4. The molecule has 0 spiro atoms. The molecule has 0 radical (unpaired) electrons. The van der Waals surface area contributed by atoms with Crippen LogP contribution in [0.25, 0.3) is 11.0 Å². The molecule has 5 aromatic rings. The number of nitrogens with zero attached hydrogens (tertiary/aromatic N) is 4. The summed E-state index contributed by atoms with van der Waals surface area (Å²) in [5.41, 5.74) is 6.35. The van der Waals surface area contributed by atoms with Gasteiger partial charge in [0.25, 0.3) is 0 Å². The van der Waals surface area contributed by atoms with Gasteiger partial charge in [-0.15, -0.1) is 23.5 Å². The molecule has 0 atom stereocenters. The summed E-state index contributed by atoms with van der Waals surface area (Å²) in [5.74, 6) is 1.25. The van der Waals surface area contributed by atoms with Crippen LogP contribution in [0, 0.1) is 22.7 Å². The molecule has 4 heterocycles. The lowest BCUT2D eigenvalue weighted by Crippen LogP contribution is -2.07. The second-order valence-corrected chi connectivity index (χ2v) is 10.9. The van der Waals surface area contributed by atoms with Crippen LogP contribution in [-0.2, 0) is 0 Å². The fourth-order valence-corrected chi connectivity index (χ4v) is 6.75. The number of thioether (sulfide) groups is 2. The zero-order chi connectivity index (χ0) is 25.9. The number of benzene rings is 1. The monoisotopic (exact) mass is 520 g/mol. The number of nitriles is 2. The van der Waals surface area contributed by atoms with Crippen LogP contribution in [0.15, 0.2) is 83.1 Å². The highest BCUT2D eigenvalue weighted by Gasteiger charge is 2.33. The molecule has 0 unspecified atom stereocenters. The number of fused-ring (bicyclic) bond motifs is 2. The summed E-state index contributed by atoms with van der Waals surface area (Å²) >= 11 is 3.27. The van der Waals surface area contributed by atoms with Crippen LogP contribution in [0.3, 0.4) is 0 Å². The Morgan fingerprint density at radius 1 is 0.784 bits per heavy atom. The molecule has 0 amide bonds. The lowest BCUT2D eigenvalue weighted by Gasteiger charge is -2.19. The minimum absolute atomic E-state index is 0.391. The number of hydrogen-bond donors (Lipinski definition) is 0. The third-order valence-electron chi connectivity index (χ3n) is 6.44. The second-order valence-electron chi connectivity index (χ2n) is 8.41. The Kier molecular flexibility index (Phi) is 7.10. The molecular formula is C30H24N4OS2.